The zero-order valence-corrected chi connectivity index (χ0v) is 14.4. The maximum Gasteiger partial charge on any atom is 0.229 e. The normalized spacial score (nSPS) is 10.6. The lowest BCUT2D eigenvalue weighted by Gasteiger charge is -2.10. The number of fused-ring (bicyclic) bond motifs is 1. The minimum Gasteiger partial charge on any atom is -0.359 e. The molecule has 4 rings (SSSR count). The summed E-state index contributed by atoms with van der Waals surface area (Å²) in [5, 5.41) is 15.7. The summed E-state index contributed by atoms with van der Waals surface area (Å²) >= 11 is 0. The number of H-pyrrole nitrogens is 1. The Kier molecular flexibility index (Phi) is 4.15. The lowest BCUT2D eigenvalue weighted by molar-refractivity contribution is 0.644. The molecule has 0 spiro atoms. The van der Waals surface area contributed by atoms with Crippen LogP contribution >= 0.6 is 0 Å². The lowest BCUT2D eigenvalue weighted by Crippen LogP contribution is -2.02. The number of benzene rings is 2. The molecule has 0 aliphatic carbocycles. The Hall–Kier alpha value is -3.92. The van der Waals surface area contributed by atoms with Crippen LogP contribution in [0, 0.1) is 24.1 Å². The van der Waals surface area contributed by atoms with Crippen LogP contribution in [0.1, 0.15) is 11.3 Å². The maximum atomic E-state index is 14.7. The zero-order chi connectivity index (χ0) is 18.8. The second-order valence-electron chi connectivity index (χ2n) is 6.01. The van der Waals surface area contributed by atoms with E-state index in [2.05, 4.69) is 31.7 Å². The van der Waals surface area contributed by atoms with E-state index < -0.39 is 0 Å². The van der Waals surface area contributed by atoms with E-state index >= 15 is 0 Å². The number of rotatable bonds is 4. The highest BCUT2D eigenvalue weighted by molar-refractivity contribution is 5.85. The molecular formula is C20H15FN6. The Labute approximate surface area is 154 Å². The van der Waals surface area contributed by atoms with Crippen molar-refractivity contribution >= 4 is 34.0 Å². The van der Waals surface area contributed by atoms with Gasteiger partial charge in [-0.05, 0) is 43.3 Å². The van der Waals surface area contributed by atoms with Crippen LogP contribution in [0.5, 0.6) is 0 Å². The van der Waals surface area contributed by atoms with E-state index in [4.69, 9.17) is 0 Å². The monoisotopic (exact) mass is 358 g/mol. The summed E-state index contributed by atoms with van der Waals surface area (Å²) in [7, 11) is 0. The average Bonchev–Trinajstić information content (AvgIpc) is 3.06. The molecule has 27 heavy (non-hydrogen) atoms. The number of hydrogen-bond acceptors (Lipinski definition) is 5. The standard InChI is InChI=1S/C20H15FN6/c1-12-10-14-16(24-12)6-7-17(19(14)21)25-18-8-9-23-20(27-18)26-15-5-3-2-4-13(15)11-22/h2-10,24H,1H3,(H2,23,25,26,27). The molecule has 0 aliphatic rings. The third kappa shape index (κ3) is 3.28. The van der Waals surface area contributed by atoms with Crippen LogP contribution in [0.3, 0.4) is 0 Å². The van der Waals surface area contributed by atoms with Gasteiger partial charge >= 0.3 is 0 Å². The van der Waals surface area contributed by atoms with Gasteiger partial charge in [0.25, 0.3) is 0 Å². The summed E-state index contributed by atoms with van der Waals surface area (Å²) in [4.78, 5) is 11.6. The first kappa shape index (κ1) is 16.5. The average molecular weight is 358 g/mol. The molecular weight excluding hydrogens is 343 g/mol. The Morgan fingerprint density at radius 1 is 1.07 bits per heavy atom. The molecule has 0 radical (unpaired) electrons. The summed E-state index contributed by atoms with van der Waals surface area (Å²) in [5.74, 6) is 0.397. The molecule has 2 aromatic carbocycles. The third-order valence-corrected chi connectivity index (χ3v) is 4.08. The molecule has 2 aromatic heterocycles. The largest absolute Gasteiger partial charge is 0.359 e. The lowest BCUT2D eigenvalue weighted by atomic mass is 10.2. The van der Waals surface area contributed by atoms with Gasteiger partial charge in [-0.15, -0.1) is 0 Å². The van der Waals surface area contributed by atoms with E-state index in [0.29, 0.717) is 34.1 Å². The molecule has 0 atom stereocenters. The molecule has 6 nitrogen and oxygen atoms in total. The van der Waals surface area contributed by atoms with Crippen molar-refractivity contribution in [3.8, 4) is 6.07 Å². The van der Waals surface area contributed by atoms with Gasteiger partial charge in [0, 0.05) is 22.8 Å². The summed E-state index contributed by atoms with van der Waals surface area (Å²) < 4.78 is 14.7. The predicted octanol–water partition coefficient (Wildman–Crippen LogP) is 4.76. The van der Waals surface area contributed by atoms with Crippen molar-refractivity contribution in [1.29, 1.82) is 5.26 Å². The van der Waals surface area contributed by atoms with Crippen molar-refractivity contribution in [2.24, 2.45) is 0 Å². The Morgan fingerprint density at radius 2 is 1.93 bits per heavy atom. The molecule has 0 aliphatic heterocycles. The number of halogens is 1. The van der Waals surface area contributed by atoms with E-state index in [-0.39, 0.29) is 5.82 Å². The minimum atomic E-state index is -0.347. The van der Waals surface area contributed by atoms with Crippen molar-refractivity contribution in [3.05, 3.63) is 71.8 Å². The predicted molar refractivity (Wildman–Crippen MR) is 103 cm³/mol. The van der Waals surface area contributed by atoms with Crippen LogP contribution in [0.2, 0.25) is 0 Å². The highest BCUT2D eigenvalue weighted by atomic mass is 19.1. The van der Waals surface area contributed by atoms with Crippen molar-refractivity contribution < 1.29 is 4.39 Å². The van der Waals surface area contributed by atoms with Crippen LogP contribution in [0.25, 0.3) is 10.9 Å². The topological polar surface area (TPSA) is 89.4 Å². The number of nitrogens with zero attached hydrogens (tertiary/aromatic N) is 3. The molecule has 132 valence electrons. The molecule has 2 heterocycles. The first-order chi connectivity index (χ1) is 13.1. The second-order valence-corrected chi connectivity index (χ2v) is 6.01. The van der Waals surface area contributed by atoms with Crippen molar-refractivity contribution in [2.75, 3.05) is 10.6 Å². The van der Waals surface area contributed by atoms with E-state index in [9.17, 15) is 9.65 Å². The van der Waals surface area contributed by atoms with Gasteiger partial charge in [-0.2, -0.15) is 10.2 Å². The van der Waals surface area contributed by atoms with Gasteiger partial charge in [0.15, 0.2) is 5.82 Å². The minimum absolute atomic E-state index is 0.307. The molecule has 3 N–H and O–H groups in total. The zero-order valence-electron chi connectivity index (χ0n) is 14.4. The number of anilines is 4. The molecule has 0 unspecified atom stereocenters. The molecule has 7 heteroatoms. The molecule has 0 bridgehead atoms. The van der Waals surface area contributed by atoms with Gasteiger partial charge in [-0.1, -0.05) is 12.1 Å². The summed E-state index contributed by atoms with van der Waals surface area (Å²) in [6.45, 7) is 1.88. The fourth-order valence-corrected chi connectivity index (χ4v) is 2.84. The first-order valence-corrected chi connectivity index (χ1v) is 8.28. The quantitative estimate of drug-likeness (QED) is 0.489. The van der Waals surface area contributed by atoms with Crippen molar-refractivity contribution in [3.63, 3.8) is 0 Å². The smallest absolute Gasteiger partial charge is 0.229 e. The Balaban J connectivity index is 1.62. The number of aromatic nitrogens is 3. The van der Waals surface area contributed by atoms with Crippen LogP contribution < -0.4 is 10.6 Å². The number of hydrogen-bond donors (Lipinski definition) is 3. The second kappa shape index (κ2) is 6.77. The van der Waals surface area contributed by atoms with E-state index in [1.165, 1.54) is 0 Å². The first-order valence-electron chi connectivity index (χ1n) is 8.28. The Morgan fingerprint density at radius 3 is 2.78 bits per heavy atom. The van der Waals surface area contributed by atoms with Crippen LogP contribution in [0.15, 0.2) is 54.7 Å². The van der Waals surface area contributed by atoms with Gasteiger partial charge < -0.3 is 15.6 Å². The van der Waals surface area contributed by atoms with Crippen LogP contribution in [-0.4, -0.2) is 15.0 Å². The SMILES string of the molecule is Cc1cc2c(F)c(Nc3ccnc(Nc4ccccc4C#N)n3)ccc2[nH]1. The van der Waals surface area contributed by atoms with Crippen LogP contribution in [0.4, 0.5) is 27.5 Å². The molecule has 0 saturated heterocycles. The van der Waals surface area contributed by atoms with Crippen molar-refractivity contribution in [2.45, 2.75) is 6.92 Å². The van der Waals surface area contributed by atoms with Gasteiger partial charge in [0.2, 0.25) is 5.95 Å². The van der Waals surface area contributed by atoms with Crippen LogP contribution in [-0.2, 0) is 0 Å². The number of aromatic amines is 1. The van der Waals surface area contributed by atoms with Gasteiger partial charge in [-0.25, -0.2) is 9.37 Å². The Bertz CT molecular complexity index is 1170. The van der Waals surface area contributed by atoms with E-state index in [0.717, 1.165) is 11.2 Å². The molecule has 4 aromatic rings. The number of para-hydroxylation sites is 1. The summed E-state index contributed by atoms with van der Waals surface area (Å²) in [6.07, 6.45) is 1.56. The number of nitriles is 1. The molecule has 0 saturated carbocycles. The van der Waals surface area contributed by atoms with Gasteiger partial charge in [-0.3, -0.25) is 0 Å². The van der Waals surface area contributed by atoms with E-state index in [1.807, 2.05) is 19.1 Å². The third-order valence-electron chi connectivity index (χ3n) is 4.08. The van der Waals surface area contributed by atoms with Gasteiger partial charge in [0.1, 0.15) is 11.9 Å². The fraction of sp³-hybridized carbons (Fsp3) is 0.0500. The summed E-state index contributed by atoms with van der Waals surface area (Å²) in [6, 6.07) is 16.1. The van der Waals surface area contributed by atoms with Gasteiger partial charge in [0.05, 0.1) is 16.9 Å². The number of nitrogens with one attached hydrogen (secondary N) is 3. The van der Waals surface area contributed by atoms with Crippen molar-refractivity contribution in [1.82, 2.24) is 15.0 Å². The highest BCUT2D eigenvalue weighted by Crippen LogP contribution is 2.27. The highest BCUT2D eigenvalue weighted by Gasteiger charge is 2.11. The summed E-state index contributed by atoms with van der Waals surface area (Å²) in [5.41, 5.74) is 3.05. The van der Waals surface area contributed by atoms with E-state index in [1.54, 1.807) is 42.6 Å². The fourth-order valence-electron chi connectivity index (χ4n) is 2.84. The maximum absolute atomic E-state index is 14.7. The molecule has 0 amide bonds. The number of aryl methyl sites for hydroxylation is 1. The molecule has 0 fully saturated rings.